The lowest BCUT2D eigenvalue weighted by atomic mass is 9.99. The van der Waals surface area contributed by atoms with Gasteiger partial charge >= 0.3 is 5.97 Å². The summed E-state index contributed by atoms with van der Waals surface area (Å²) in [6.45, 7) is 2.08. The Labute approximate surface area is 194 Å². The van der Waals surface area contributed by atoms with Crippen LogP contribution in [0.25, 0.3) is 0 Å². The molecule has 1 aliphatic heterocycles. The van der Waals surface area contributed by atoms with Crippen molar-refractivity contribution in [2.45, 2.75) is 140 Å². The van der Waals surface area contributed by atoms with E-state index in [4.69, 9.17) is 14.2 Å². The summed E-state index contributed by atoms with van der Waals surface area (Å²) in [6.07, 6.45) is 13.3. The van der Waals surface area contributed by atoms with Gasteiger partial charge in [-0.15, -0.1) is 0 Å². The average Bonchev–Trinajstić information content (AvgIpc) is 2.79. The zero-order valence-electron chi connectivity index (χ0n) is 20.4. The zero-order chi connectivity index (χ0) is 23.6. The van der Waals surface area contributed by atoms with Gasteiger partial charge in [-0.3, -0.25) is 4.79 Å². The van der Waals surface area contributed by atoms with Crippen LogP contribution in [-0.2, 0) is 19.0 Å². The fourth-order valence-corrected chi connectivity index (χ4v) is 4.14. The molecule has 1 fully saturated rings. The molecule has 0 aromatic carbocycles. The predicted octanol–water partition coefficient (Wildman–Crippen LogP) is 4.25. The maximum atomic E-state index is 11.9. The third-order valence-corrected chi connectivity index (χ3v) is 6.29. The number of rotatable bonds is 19. The highest BCUT2D eigenvalue weighted by Gasteiger charge is 2.44. The maximum Gasteiger partial charge on any atom is 0.305 e. The van der Waals surface area contributed by atoms with Gasteiger partial charge in [0, 0.05) is 13.5 Å². The van der Waals surface area contributed by atoms with E-state index in [2.05, 4.69) is 6.92 Å². The van der Waals surface area contributed by atoms with Crippen LogP contribution in [0.1, 0.15) is 110 Å². The standard InChI is InChI=1S/C25H48O7/c1-3-4-5-6-7-8-9-10-11-12-13-14-15-16-17-18-21(26)31-19-20-22(27)23(28)24(29)25(30-2)32-20/h20,22-25,27-29H,3-19H2,1-2H3/t20-,22-,23+,24-,25-/m1/s1. The highest BCUT2D eigenvalue weighted by molar-refractivity contribution is 5.69. The Bertz CT molecular complexity index is 458. The van der Waals surface area contributed by atoms with E-state index in [9.17, 15) is 20.1 Å². The van der Waals surface area contributed by atoms with Crippen LogP contribution in [0.4, 0.5) is 0 Å². The van der Waals surface area contributed by atoms with Crippen molar-refractivity contribution in [3.05, 3.63) is 0 Å². The first-order chi connectivity index (χ1) is 15.5. The van der Waals surface area contributed by atoms with Crippen LogP contribution < -0.4 is 0 Å². The number of carbonyl (C=O) groups excluding carboxylic acids is 1. The fraction of sp³-hybridized carbons (Fsp3) is 0.960. The van der Waals surface area contributed by atoms with Crippen LogP contribution in [0.3, 0.4) is 0 Å². The van der Waals surface area contributed by atoms with E-state index in [1.54, 1.807) is 0 Å². The van der Waals surface area contributed by atoms with Crippen molar-refractivity contribution in [2.24, 2.45) is 0 Å². The normalized spacial score (nSPS) is 25.7. The minimum Gasteiger partial charge on any atom is -0.463 e. The summed E-state index contributed by atoms with van der Waals surface area (Å²) in [7, 11) is 1.33. The van der Waals surface area contributed by atoms with Gasteiger partial charge in [-0.25, -0.2) is 0 Å². The monoisotopic (exact) mass is 460 g/mol. The number of aliphatic hydroxyl groups excluding tert-OH is 3. The molecule has 1 saturated heterocycles. The molecule has 0 unspecified atom stereocenters. The lowest BCUT2D eigenvalue weighted by molar-refractivity contribution is -0.295. The van der Waals surface area contributed by atoms with Gasteiger partial charge in [0.15, 0.2) is 6.29 Å². The summed E-state index contributed by atoms with van der Waals surface area (Å²) in [5.41, 5.74) is 0. The first-order valence-corrected chi connectivity index (χ1v) is 12.9. The van der Waals surface area contributed by atoms with Gasteiger partial charge in [-0.1, -0.05) is 96.8 Å². The van der Waals surface area contributed by atoms with Gasteiger partial charge in [0.25, 0.3) is 0 Å². The van der Waals surface area contributed by atoms with E-state index >= 15 is 0 Å². The summed E-state index contributed by atoms with van der Waals surface area (Å²) in [6, 6.07) is 0. The molecule has 0 radical (unpaired) electrons. The molecule has 190 valence electrons. The number of carbonyl (C=O) groups is 1. The van der Waals surface area contributed by atoms with E-state index in [-0.39, 0.29) is 12.6 Å². The van der Waals surface area contributed by atoms with Gasteiger partial charge in [-0.2, -0.15) is 0 Å². The summed E-state index contributed by atoms with van der Waals surface area (Å²) < 4.78 is 15.5. The van der Waals surface area contributed by atoms with Crippen LogP contribution in [-0.4, -0.2) is 65.7 Å². The Hall–Kier alpha value is -0.730. The molecular formula is C25H48O7. The largest absolute Gasteiger partial charge is 0.463 e. The smallest absolute Gasteiger partial charge is 0.305 e. The van der Waals surface area contributed by atoms with Crippen molar-refractivity contribution in [1.82, 2.24) is 0 Å². The van der Waals surface area contributed by atoms with E-state index in [0.29, 0.717) is 6.42 Å². The van der Waals surface area contributed by atoms with E-state index in [1.165, 1.54) is 84.2 Å². The third kappa shape index (κ3) is 12.5. The molecule has 0 amide bonds. The molecule has 0 aromatic heterocycles. The zero-order valence-corrected chi connectivity index (χ0v) is 20.4. The molecule has 0 aromatic rings. The quantitative estimate of drug-likeness (QED) is 0.195. The van der Waals surface area contributed by atoms with Gasteiger partial charge in [-0.05, 0) is 6.42 Å². The van der Waals surface area contributed by atoms with E-state index < -0.39 is 30.7 Å². The Morgan fingerprint density at radius 3 is 1.66 bits per heavy atom. The van der Waals surface area contributed by atoms with Crippen molar-refractivity contribution in [3.8, 4) is 0 Å². The van der Waals surface area contributed by atoms with Crippen LogP contribution in [0.5, 0.6) is 0 Å². The molecule has 0 saturated carbocycles. The molecule has 32 heavy (non-hydrogen) atoms. The van der Waals surface area contributed by atoms with Crippen molar-refractivity contribution in [3.63, 3.8) is 0 Å². The Balaban J connectivity index is 1.92. The Morgan fingerprint density at radius 2 is 1.19 bits per heavy atom. The molecule has 1 aliphatic rings. The third-order valence-electron chi connectivity index (χ3n) is 6.29. The molecular weight excluding hydrogens is 412 g/mol. The van der Waals surface area contributed by atoms with E-state index in [1.807, 2.05) is 0 Å². The highest BCUT2D eigenvalue weighted by Crippen LogP contribution is 2.22. The molecule has 1 heterocycles. The second-order valence-electron chi connectivity index (χ2n) is 9.13. The van der Waals surface area contributed by atoms with Gasteiger partial charge in [0.2, 0.25) is 0 Å². The maximum absolute atomic E-state index is 11.9. The number of hydrogen-bond donors (Lipinski definition) is 3. The van der Waals surface area contributed by atoms with Crippen molar-refractivity contribution in [2.75, 3.05) is 13.7 Å². The number of hydrogen-bond acceptors (Lipinski definition) is 7. The Kier molecular flexibility index (Phi) is 17.1. The topological polar surface area (TPSA) is 105 Å². The Morgan fingerprint density at radius 1 is 0.719 bits per heavy atom. The van der Waals surface area contributed by atoms with Crippen LogP contribution in [0.2, 0.25) is 0 Å². The van der Waals surface area contributed by atoms with Crippen LogP contribution in [0, 0.1) is 0 Å². The predicted molar refractivity (Wildman–Crippen MR) is 124 cm³/mol. The van der Waals surface area contributed by atoms with Crippen molar-refractivity contribution >= 4 is 5.97 Å². The minimum absolute atomic E-state index is 0.178. The molecule has 7 heteroatoms. The minimum atomic E-state index is -1.41. The SMILES string of the molecule is CCCCCCCCCCCCCCCCCC(=O)OC[C@H]1O[C@@H](OC)[C@H](O)[C@@H](O)[C@@H]1O. The summed E-state index contributed by atoms with van der Waals surface area (Å²) in [5, 5.41) is 29.5. The summed E-state index contributed by atoms with van der Waals surface area (Å²) in [5.74, 6) is -0.343. The van der Waals surface area contributed by atoms with Crippen LogP contribution in [0.15, 0.2) is 0 Å². The number of aliphatic hydroxyl groups is 3. The molecule has 3 N–H and O–H groups in total. The van der Waals surface area contributed by atoms with E-state index in [0.717, 1.165) is 19.3 Å². The number of ether oxygens (including phenoxy) is 3. The molecule has 0 aliphatic carbocycles. The van der Waals surface area contributed by atoms with Gasteiger partial charge in [0.05, 0.1) is 0 Å². The second-order valence-corrected chi connectivity index (χ2v) is 9.13. The van der Waals surface area contributed by atoms with Gasteiger partial charge < -0.3 is 29.5 Å². The first kappa shape index (κ1) is 29.3. The highest BCUT2D eigenvalue weighted by atomic mass is 16.7. The number of esters is 1. The van der Waals surface area contributed by atoms with Crippen molar-refractivity contribution < 1.29 is 34.3 Å². The molecule has 7 nitrogen and oxygen atoms in total. The lowest BCUT2D eigenvalue weighted by Gasteiger charge is -2.39. The molecule has 0 spiro atoms. The lowest BCUT2D eigenvalue weighted by Crippen LogP contribution is -2.59. The second kappa shape index (κ2) is 18.7. The molecule has 5 atom stereocenters. The first-order valence-electron chi connectivity index (χ1n) is 12.9. The number of unbranched alkanes of at least 4 members (excludes halogenated alkanes) is 14. The van der Waals surface area contributed by atoms with Crippen molar-refractivity contribution in [1.29, 1.82) is 0 Å². The number of methoxy groups -OCH3 is 1. The average molecular weight is 461 g/mol. The van der Waals surface area contributed by atoms with Gasteiger partial charge in [0.1, 0.15) is 31.0 Å². The fourth-order valence-electron chi connectivity index (χ4n) is 4.14. The summed E-state index contributed by atoms with van der Waals surface area (Å²) in [4.78, 5) is 11.9. The molecule has 1 rings (SSSR count). The molecule has 0 bridgehead atoms. The van der Waals surface area contributed by atoms with Crippen LogP contribution >= 0.6 is 0 Å². The summed E-state index contributed by atoms with van der Waals surface area (Å²) >= 11 is 0.